The van der Waals surface area contributed by atoms with Gasteiger partial charge in [0, 0.05) is 13.8 Å². The van der Waals surface area contributed by atoms with E-state index in [4.69, 9.17) is 15.1 Å². The highest BCUT2D eigenvalue weighted by atomic mass is 16.6. The highest BCUT2D eigenvalue weighted by Crippen LogP contribution is 1.99. The second kappa shape index (κ2) is 15.8. The number of benzene rings is 2. The van der Waals surface area contributed by atoms with Crippen LogP contribution in [0.25, 0.3) is 0 Å². The Morgan fingerprint density at radius 3 is 1.67 bits per heavy atom. The standard InChI is InChI=1S/C8H9NO.C7H8O.CH4O.H3N/c1-9-10-7-8-5-3-2-4-6-8;8-6-7-4-2-1-3-5-7;1-2;/h2-6H,1,7H2;1-5,8H,6H2;2H,1H3;1H3. The Hall–Kier alpha value is -2.21. The Balaban J connectivity index is 0. The minimum absolute atomic E-state index is 0. The van der Waals surface area contributed by atoms with E-state index in [1.807, 2.05) is 60.7 Å². The molecule has 2 aromatic carbocycles. The average molecular weight is 292 g/mol. The summed E-state index contributed by atoms with van der Waals surface area (Å²) >= 11 is 0. The molecule has 116 valence electrons. The van der Waals surface area contributed by atoms with Gasteiger partial charge in [0.15, 0.2) is 0 Å². The Morgan fingerprint density at radius 1 is 0.905 bits per heavy atom. The molecule has 0 radical (unpaired) electrons. The molecule has 0 saturated carbocycles. The summed E-state index contributed by atoms with van der Waals surface area (Å²) in [6.45, 7) is 3.85. The SMILES string of the molecule is C=NOCc1ccccc1.CO.N.OCc1ccccc1. The van der Waals surface area contributed by atoms with Gasteiger partial charge in [0.05, 0.1) is 6.61 Å². The predicted molar refractivity (Wildman–Crippen MR) is 86.3 cm³/mol. The highest BCUT2D eigenvalue weighted by Gasteiger charge is 1.87. The van der Waals surface area contributed by atoms with Gasteiger partial charge in [0.25, 0.3) is 0 Å². The zero-order valence-electron chi connectivity index (χ0n) is 12.4. The van der Waals surface area contributed by atoms with Crippen molar-refractivity contribution < 1.29 is 15.1 Å². The maximum Gasteiger partial charge on any atom is 0.142 e. The third kappa shape index (κ3) is 11.3. The fraction of sp³-hybridized carbons (Fsp3) is 0.188. The molecule has 0 aliphatic heterocycles. The summed E-state index contributed by atoms with van der Waals surface area (Å²) in [6.07, 6.45) is 0. The number of aliphatic hydroxyl groups is 2. The van der Waals surface area contributed by atoms with Gasteiger partial charge in [-0.2, -0.15) is 0 Å². The van der Waals surface area contributed by atoms with E-state index in [0.29, 0.717) is 6.61 Å². The van der Waals surface area contributed by atoms with Crippen LogP contribution in [0.2, 0.25) is 0 Å². The van der Waals surface area contributed by atoms with Crippen LogP contribution in [0, 0.1) is 0 Å². The third-order valence-electron chi connectivity index (χ3n) is 2.19. The number of aliphatic hydroxyl groups excluding tert-OH is 2. The molecular formula is C16H24N2O3. The van der Waals surface area contributed by atoms with Gasteiger partial charge in [-0.1, -0.05) is 60.7 Å². The fourth-order valence-corrected chi connectivity index (χ4v) is 1.28. The van der Waals surface area contributed by atoms with Crippen LogP contribution in [-0.4, -0.2) is 24.0 Å². The molecule has 5 N–H and O–H groups in total. The molecule has 0 bridgehead atoms. The lowest BCUT2D eigenvalue weighted by atomic mass is 10.2. The second-order valence-corrected chi connectivity index (χ2v) is 3.53. The molecule has 0 spiro atoms. The topological polar surface area (TPSA) is 97.0 Å². The molecule has 5 heteroatoms. The molecule has 2 rings (SSSR count). The molecule has 5 nitrogen and oxygen atoms in total. The second-order valence-electron chi connectivity index (χ2n) is 3.53. The first-order valence-corrected chi connectivity index (χ1v) is 6.08. The number of nitrogens with zero attached hydrogens (tertiary/aromatic N) is 1. The zero-order chi connectivity index (χ0) is 15.1. The monoisotopic (exact) mass is 292 g/mol. The smallest absolute Gasteiger partial charge is 0.142 e. The van der Waals surface area contributed by atoms with Gasteiger partial charge in [0.2, 0.25) is 0 Å². The number of hydrogen-bond donors (Lipinski definition) is 3. The molecule has 0 atom stereocenters. The van der Waals surface area contributed by atoms with Gasteiger partial charge in [-0.3, -0.25) is 0 Å². The molecule has 2 aromatic rings. The van der Waals surface area contributed by atoms with Crippen molar-refractivity contribution in [2.75, 3.05) is 7.11 Å². The van der Waals surface area contributed by atoms with E-state index in [0.717, 1.165) is 18.2 Å². The van der Waals surface area contributed by atoms with E-state index in [1.54, 1.807) is 0 Å². The maximum atomic E-state index is 8.54. The van der Waals surface area contributed by atoms with E-state index in [2.05, 4.69) is 11.9 Å². The van der Waals surface area contributed by atoms with Crippen LogP contribution >= 0.6 is 0 Å². The third-order valence-corrected chi connectivity index (χ3v) is 2.19. The molecule has 0 heterocycles. The van der Waals surface area contributed by atoms with Gasteiger partial charge < -0.3 is 21.2 Å². The van der Waals surface area contributed by atoms with Crippen LogP contribution < -0.4 is 6.15 Å². The van der Waals surface area contributed by atoms with Crippen molar-refractivity contribution in [2.45, 2.75) is 13.2 Å². The first-order valence-electron chi connectivity index (χ1n) is 6.08. The van der Waals surface area contributed by atoms with Crippen LogP contribution in [0.15, 0.2) is 65.8 Å². The lowest BCUT2D eigenvalue weighted by Gasteiger charge is -1.96. The van der Waals surface area contributed by atoms with Crippen LogP contribution in [-0.2, 0) is 18.1 Å². The van der Waals surface area contributed by atoms with Gasteiger partial charge in [-0.05, 0) is 11.1 Å². The summed E-state index contributed by atoms with van der Waals surface area (Å²) in [6, 6.07) is 19.4. The summed E-state index contributed by atoms with van der Waals surface area (Å²) in [7, 11) is 1.00. The maximum absolute atomic E-state index is 8.54. The quantitative estimate of drug-likeness (QED) is 0.596. The summed E-state index contributed by atoms with van der Waals surface area (Å²) in [5, 5.41) is 18.8. The molecule has 0 saturated heterocycles. The molecule has 0 aliphatic rings. The molecule has 0 unspecified atom stereocenters. The van der Waals surface area contributed by atoms with Gasteiger partial charge in [-0.15, -0.1) is 5.16 Å². The molecule has 0 fully saturated rings. The van der Waals surface area contributed by atoms with E-state index in [-0.39, 0.29) is 12.8 Å². The Morgan fingerprint density at radius 2 is 1.33 bits per heavy atom. The average Bonchev–Trinajstić information content (AvgIpc) is 2.57. The Labute approximate surface area is 126 Å². The van der Waals surface area contributed by atoms with Crippen molar-refractivity contribution in [2.24, 2.45) is 5.16 Å². The van der Waals surface area contributed by atoms with Crippen LogP contribution in [0.4, 0.5) is 0 Å². The largest absolute Gasteiger partial charge is 0.400 e. The van der Waals surface area contributed by atoms with Crippen molar-refractivity contribution in [3.63, 3.8) is 0 Å². The number of rotatable bonds is 4. The molecule has 0 amide bonds. The van der Waals surface area contributed by atoms with Gasteiger partial charge >= 0.3 is 0 Å². The molecule has 0 aromatic heterocycles. The predicted octanol–water partition coefficient (Wildman–Crippen LogP) is 2.77. The van der Waals surface area contributed by atoms with E-state index in [1.165, 1.54) is 0 Å². The summed E-state index contributed by atoms with van der Waals surface area (Å²) in [5.41, 5.74) is 2.07. The highest BCUT2D eigenvalue weighted by molar-refractivity contribution is 5.21. The van der Waals surface area contributed by atoms with E-state index >= 15 is 0 Å². The van der Waals surface area contributed by atoms with E-state index < -0.39 is 0 Å². The summed E-state index contributed by atoms with van der Waals surface area (Å²) < 4.78 is 0. The first kappa shape index (κ1) is 21.1. The lowest BCUT2D eigenvalue weighted by Crippen LogP contribution is -1.83. The van der Waals surface area contributed by atoms with Crippen molar-refractivity contribution >= 4 is 6.72 Å². The van der Waals surface area contributed by atoms with Crippen LogP contribution in [0.1, 0.15) is 11.1 Å². The number of hydrogen-bond acceptors (Lipinski definition) is 5. The van der Waals surface area contributed by atoms with Crippen molar-refractivity contribution in [3.8, 4) is 0 Å². The molecular weight excluding hydrogens is 268 g/mol. The van der Waals surface area contributed by atoms with Crippen LogP contribution in [0.3, 0.4) is 0 Å². The first-order chi connectivity index (χ1) is 9.86. The minimum atomic E-state index is 0. The number of oxime groups is 1. The van der Waals surface area contributed by atoms with Crippen molar-refractivity contribution in [3.05, 3.63) is 71.8 Å². The van der Waals surface area contributed by atoms with E-state index in [9.17, 15) is 0 Å². The normalized spacial score (nSPS) is 7.95. The van der Waals surface area contributed by atoms with Gasteiger partial charge in [-0.25, -0.2) is 0 Å². The zero-order valence-corrected chi connectivity index (χ0v) is 12.4. The molecule has 21 heavy (non-hydrogen) atoms. The lowest BCUT2D eigenvalue weighted by molar-refractivity contribution is 0.133. The molecule has 0 aliphatic carbocycles. The fourth-order valence-electron chi connectivity index (χ4n) is 1.28. The van der Waals surface area contributed by atoms with Crippen LogP contribution in [0.5, 0.6) is 0 Å². The summed E-state index contributed by atoms with van der Waals surface area (Å²) in [5.74, 6) is 0. The Kier molecular flexibility index (Phi) is 15.9. The van der Waals surface area contributed by atoms with Crippen molar-refractivity contribution in [1.82, 2.24) is 6.15 Å². The van der Waals surface area contributed by atoms with Gasteiger partial charge in [0.1, 0.15) is 6.61 Å². The minimum Gasteiger partial charge on any atom is -0.400 e. The van der Waals surface area contributed by atoms with Crippen molar-refractivity contribution in [1.29, 1.82) is 0 Å². The Bertz CT molecular complexity index is 436. The summed E-state index contributed by atoms with van der Waals surface area (Å²) in [4.78, 5) is 4.73.